The summed E-state index contributed by atoms with van der Waals surface area (Å²) in [6.45, 7) is 2.00. The summed E-state index contributed by atoms with van der Waals surface area (Å²) in [5, 5.41) is 2.12. The van der Waals surface area contributed by atoms with E-state index in [0.29, 0.717) is 11.3 Å². The van der Waals surface area contributed by atoms with E-state index >= 15 is 0 Å². The summed E-state index contributed by atoms with van der Waals surface area (Å²) in [6.07, 6.45) is 3.64. The molecule has 0 radical (unpaired) electrons. The van der Waals surface area contributed by atoms with Crippen LogP contribution in [-0.2, 0) is 0 Å². The molecule has 0 atom stereocenters. The lowest BCUT2D eigenvalue weighted by Gasteiger charge is -2.28. The summed E-state index contributed by atoms with van der Waals surface area (Å²) >= 11 is 0. The van der Waals surface area contributed by atoms with Crippen LogP contribution in [0.2, 0.25) is 0 Å². The number of hydrogen-bond acceptors (Lipinski definition) is 4. The number of nitrogen functional groups attached to an aromatic ring is 1. The number of nitrogens with two attached hydrogens (primary N) is 2. The van der Waals surface area contributed by atoms with Gasteiger partial charge in [0.2, 0.25) is 5.91 Å². The summed E-state index contributed by atoms with van der Waals surface area (Å²) in [5.74, 6) is -0.438. The highest BCUT2D eigenvalue weighted by atomic mass is 16.1. The Morgan fingerprint density at radius 3 is 2.59 bits per heavy atom. The van der Waals surface area contributed by atoms with Crippen LogP contribution >= 0.6 is 0 Å². The molecule has 0 unspecified atom stereocenters. The number of amides is 1. The standard InChI is InChI=1S/C12H18N4O/c13-10-5-4-9(12(14)17)8-11(10)15-16-6-2-1-3-7-16/h4-5,8,15H,1-3,6-7,13H2,(H2,14,17). The fraction of sp³-hybridized carbons (Fsp3) is 0.417. The van der Waals surface area contributed by atoms with Crippen molar-refractivity contribution in [1.82, 2.24) is 5.01 Å². The molecular formula is C12H18N4O. The fourth-order valence-electron chi connectivity index (χ4n) is 1.98. The van der Waals surface area contributed by atoms with Crippen LogP contribution in [0.15, 0.2) is 18.2 Å². The van der Waals surface area contributed by atoms with Gasteiger partial charge in [-0.05, 0) is 31.0 Å². The first kappa shape index (κ1) is 11.7. The predicted octanol–water partition coefficient (Wildman–Crippen LogP) is 1.18. The first-order valence-corrected chi connectivity index (χ1v) is 5.88. The summed E-state index contributed by atoms with van der Waals surface area (Å²) in [4.78, 5) is 11.1. The van der Waals surface area contributed by atoms with Crippen molar-refractivity contribution in [3.63, 3.8) is 0 Å². The lowest BCUT2D eigenvalue weighted by Crippen LogP contribution is -2.35. The van der Waals surface area contributed by atoms with Crippen LogP contribution in [0.25, 0.3) is 0 Å². The van der Waals surface area contributed by atoms with Crippen molar-refractivity contribution in [3.8, 4) is 0 Å². The molecule has 5 N–H and O–H groups in total. The molecule has 1 aliphatic rings. The Hall–Kier alpha value is -1.75. The Balaban J connectivity index is 2.13. The molecule has 17 heavy (non-hydrogen) atoms. The van der Waals surface area contributed by atoms with Gasteiger partial charge in [0, 0.05) is 18.7 Å². The molecular weight excluding hydrogens is 216 g/mol. The zero-order valence-electron chi connectivity index (χ0n) is 9.78. The first-order valence-electron chi connectivity index (χ1n) is 5.88. The maximum atomic E-state index is 11.1. The van der Waals surface area contributed by atoms with Crippen LogP contribution in [0.1, 0.15) is 29.6 Å². The summed E-state index contributed by atoms with van der Waals surface area (Å²) in [5.41, 5.74) is 16.2. The third-order valence-electron chi connectivity index (χ3n) is 2.97. The third-order valence-corrected chi connectivity index (χ3v) is 2.97. The van der Waals surface area contributed by atoms with E-state index in [9.17, 15) is 4.79 Å². The van der Waals surface area contributed by atoms with Crippen LogP contribution < -0.4 is 16.9 Å². The number of carbonyl (C=O) groups is 1. The Kier molecular flexibility index (Phi) is 3.49. The van der Waals surface area contributed by atoms with Gasteiger partial charge in [-0.25, -0.2) is 5.01 Å². The van der Waals surface area contributed by atoms with E-state index in [4.69, 9.17) is 11.5 Å². The van der Waals surface area contributed by atoms with Crippen molar-refractivity contribution >= 4 is 17.3 Å². The molecule has 1 aromatic carbocycles. The van der Waals surface area contributed by atoms with Crippen LogP contribution in [0, 0.1) is 0 Å². The smallest absolute Gasteiger partial charge is 0.248 e. The number of nitrogens with zero attached hydrogens (tertiary/aromatic N) is 1. The molecule has 0 saturated carbocycles. The van der Waals surface area contributed by atoms with Gasteiger partial charge in [0.25, 0.3) is 0 Å². The Bertz CT molecular complexity index is 413. The van der Waals surface area contributed by atoms with Crippen LogP contribution in [0.4, 0.5) is 11.4 Å². The molecule has 0 aliphatic carbocycles. The number of piperidine rings is 1. The van der Waals surface area contributed by atoms with Crippen molar-refractivity contribution in [2.75, 3.05) is 24.2 Å². The number of nitrogens with one attached hydrogen (secondary N) is 1. The molecule has 1 saturated heterocycles. The van der Waals surface area contributed by atoms with Gasteiger partial charge in [-0.2, -0.15) is 0 Å². The number of hydrogen-bond donors (Lipinski definition) is 3. The molecule has 0 aromatic heterocycles. The molecule has 2 rings (SSSR count). The van der Waals surface area contributed by atoms with Crippen molar-refractivity contribution in [1.29, 1.82) is 0 Å². The first-order chi connectivity index (χ1) is 8.16. The number of hydrazine groups is 1. The van der Waals surface area contributed by atoms with Crippen LogP contribution in [-0.4, -0.2) is 24.0 Å². The quantitative estimate of drug-likeness (QED) is 0.686. The lowest BCUT2D eigenvalue weighted by molar-refractivity contribution is 0.100. The fourth-order valence-corrected chi connectivity index (χ4v) is 1.98. The summed E-state index contributed by atoms with van der Waals surface area (Å²) < 4.78 is 0. The van der Waals surface area contributed by atoms with E-state index in [1.54, 1.807) is 18.2 Å². The highest BCUT2D eigenvalue weighted by Crippen LogP contribution is 2.21. The molecule has 5 heteroatoms. The zero-order chi connectivity index (χ0) is 12.3. The van der Waals surface area contributed by atoms with E-state index in [0.717, 1.165) is 18.8 Å². The van der Waals surface area contributed by atoms with Gasteiger partial charge < -0.3 is 16.9 Å². The lowest BCUT2D eigenvalue weighted by atomic mass is 10.1. The second-order valence-corrected chi connectivity index (χ2v) is 4.33. The Morgan fingerprint density at radius 2 is 1.94 bits per heavy atom. The molecule has 1 aromatic rings. The highest BCUT2D eigenvalue weighted by Gasteiger charge is 2.12. The number of primary amides is 1. The van der Waals surface area contributed by atoms with Gasteiger partial charge in [-0.1, -0.05) is 6.42 Å². The molecule has 0 spiro atoms. The van der Waals surface area contributed by atoms with Crippen molar-refractivity contribution < 1.29 is 4.79 Å². The number of rotatable bonds is 3. The van der Waals surface area contributed by atoms with Crippen molar-refractivity contribution in [2.24, 2.45) is 5.73 Å². The molecule has 92 valence electrons. The maximum Gasteiger partial charge on any atom is 0.248 e. The molecule has 1 aliphatic heterocycles. The van der Waals surface area contributed by atoms with E-state index in [-0.39, 0.29) is 0 Å². The third kappa shape index (κ3) is 2.88. The van der Waals surface area contributed by atoms with Crippen LogP contribution in [0.5, 0.6) is 0 Å². The van der Waals surface area contributed by atoms with Gasteiger partial charge in [-0.3, -0.25) is 4.79 Å². The predicted molar refractivity (Wildman–Crippen MR) is 68.4 cm³/mol. The number of anilines is 2. The van der Waals surface area contributed by atoms with Gasteiger partial charge in [0.05, 0.1) is 11.4 Å². The summed E-state index contributed by atoms with van der Waals surface area (Å²) in [6, 6.07) is 5.04. The molecule has 5 nitrogen and oxygen atoms in total. The van der Waals surface area contributed by atoms with Gasteiger partial charge in [-0.15, -0.1) is 0 Å². The van der Waals surface area contributed by atoms with E-state index in [1.807, 2.05) is 0 Å². The average molecular weight is 234 g/mol. The second-order valence-electron chi connectivity index (χ2n) is 4.33. The molecule has 1 fully saturated rings. The van der Waals surface area contributed by atoms with Crippen molar-refractivity contribution in [3.05, 3.63) is 23.8 Å². The van der Waals surface area contributed by atoms with E-state index in [1.165, 1.54) is 19.3 Å². The molecule has 0 bridgehead atoms. The van der Waals surface area contributed by atoms with Gasteiger partial charge in [0.15, 0.2) is 0 Å². The zero-order valence-corrected chi connectivity index (χ0v) is 9.78. The Morgan fingerprint density at radius 1 is 1.24 bits per heavy atom. The van der Waals surface area contributed by atoms with Crippen LogP contribution in [0.3, 0.4) is 0 Å². The van der Waals surface area contributed by atoms with E-state index in [2.05, 4.69) is 10.4 Å². The minimum atomic E-state index is -0.438. The van der Waals surface area contributed by atoms with Gasteiger partial charge >= 0.3 is 0 Å². The Labute approximate surface area is 101 Å². The normalized spacial score (nSPS) is 16.7. The SMILES string of the molecule is NC(=O)c1ccc(N)c(NN2CCCCC2)c1. The topological polar surface area (TPSA) is 84.4 Å². The summed E-state index contributed by atoms with van der Waals surface area (Å²) in [7, 11) is 0. The minimum absolute atomic E-state index is 0.438. The average Bonchev–Trinajstić information content (AvgIpc) is 2.33. The minimum Gasteiger partial charge on any atom is -0.397 e. The second kappa shape index (κ2) is 5.05. The number of benzene rings is 1. The highest BCUT2D eigenvalue weighted by molar-refractivity contribution is 5.94. The maximum absolute atomic E-state index is 11.1. The van der Waals surface area contributed by atoms with E-state index < -0.39 is 5.91 Å². The monoisotopic (exact) mass is 234 g/mol. The van der Waals surface area contributed by atoms with Gasteiger partial charge in [0.1, 0.15) is 0 Å². The largest absolute Gasteiger partial charge is 0.397 e. The molecule has 1 heterocycles. The molecule has 1 amide bonds. The number of carbonyl (C=O) groups excluding carboxylic acids is 1. The van der Waals surface area contributed by atoms with Crippen molar-refractivity contribution in [2.45, 2.75) is 19.3 Å².